The summed E-state index contributed by atoms with van der Waals surface area (Å²) < 4.78 is 13.3. The summed E-state index contributed by atoms with van der Waals surface area (Å²) in [6, 6.07) is 13.5. The van der Waals surface area contributed by atoms with Crippen LogP contribution in [0, 0.1) is 5.82 Å². The Hall–Kier alpha value is -2.40. The van der Waals surface area contributed by atoms with E-state index in [2.05, 4.69) is 0 Å². The second-order valence-corrected chi connectivity index (χ2v) is 5.85. The van der Waals surface area contributed by atoms with Crippen LogP contribution in [0.3, 0.4) is 0 Å². The van der Waals surface area contributed by atoms with E-state index in [0.29, 0.717) is 12.2 Å². The Balaban J connectivity index is 2.10. The summed E-state index contributed by atoms with van der Waals surface area (Å²) in [5.74, 6) is -1.12. The van der Waals surface area contributed by atoms with Crippen LogP contribution in [-0.2, 0) is 16.1 Å². The van der Waals surface area contributed by atoms with E-state index in [4.69, 9.17) is 11.6 Å². The average Bonchev–Trinajstić information content (AvgIpc) is 2.55. The Labute approximate surface area is 145 Å². The van der Waals surface area contributed by atoms with E-state index in [1.165, 1.54) is 34.9 Å². The highest BCUT2D eigenvalue weighted by Gasteiger charge is 2.19. The predicted octanol–water partition coefficient (Wildman–Crippen LogP) is 3.49. The quantitative estimate of drug-likeness (QED) is 0.830. The lowest BCUT2D eigenvalue weighted by Gasteiger charge is -2.24. The van der Waals surface area contributed by atoms with Gasteiger partial charge in [-0.15, -0.1) is 0 Å². The van der Waals surface area contributed by atoms with Crippen LogP contribution in [-0.4, -0.2) is 30.3 Å². The standard InChI is InChI=1S/C18H18ClFN2O2/c1-13(23)22(15-8-9-17(20)16(19)10-15)12-18(24)21(2)11-14-6-4-3-5-7-14/h3-10H,11-12H2,1-2H3. The average molecular weight is 349 g/mol. The van der Waals surface area contributed by atoms with Crippen molar-refractivity contribution in [3.8, 4) is 0 Å². The fourth-order valence-corrected chi connectivity index (χ4v) is 2.41. The van der Waals surface area contributed by atoms with Crippen molar-refractivity contribution in [3.05, 3.63) is 64.9 Å². The number of anilines is 1. The number of nitrogens with zero attached hydrogens (tertiary/aromatic N) is 2. The third-order valence-corrected chi connectivity index (χ3v) is 3.87. The van der Waals surface area contributed by atoms with Gasteiger partial charge in [-0.1, -0.05) is 41.9 Å². The van der Waals surface area contributed by atoms with E-state index in [0.717, 1.165) is 5.56 Å². The van der Waals surface area contributed by atoms with E-state index < -0.39 is 5.82 Å². The summed E-state index contributed by atoms with van der Waals surface area (Å²) in [5.41, 5.74) is 1.38. The van der Waals surface area contributed by atoms with Crippen molar-refractivity contribution in [1.82, 2.24) is 4.90 Å². The van der Waals surface area contributed by atoms with Gasteiger partial charge in [0.1, 0.15) is 12.4 Å². The van der Waals surface area contributed by atoms with Crippen LogP contribution in [0.25, 0.3) is 0 Å². The topological polar surface area (TPSA) is 40.6 Å². The number of amides is 2. The molecule has 0 spiro atoms. The molecule has 4 nitrogen and oxygen atoms in total. The molecule has 0 unspecified atom stereocenters. The summed E-state index contributed by atoms with van der Waals surface area (Å²) in [6.07, 6.45) is 0. The molecule has 6 heteroatoms. The van der Waals surface area contributed by atoms with Gasteiger partial charge in [0, 0.05) is 26.2 Å². The van der Waals surface area contributed by atoms with E-state index in [1.54, 1.807) is 7.05 Å². The molecular formula is C18H18ClFN2O2. The third-order valence-electron chi connectivity index (χ3n) is 3.58. The lowest BCUT2D eigenvalue weighted by Crippen LogP contribution is -2.40. The number of benzene rings is 2. The minimum absolute atomic E-state index is 0.0937. The molecular weight excluding hydrogens is 331 g/mol. The van der Waals surface area contributed by atoms with Gasteiger partial charge in [0.25, 0.3) is 0 Å². The fraction of sp³-hybridized carbons (Fsp3) is 0.222. The highest BCUT2D eigenvalue weighted by Crippen LogP contribution is 2.23. The zero-order valence-corrected chi connectivity index (χ0v) is 14.3. The molecule has 0 bridgehead atoms. The predicted molar refractivity (Wildman–Crippen MR) is 92.4 cm³/mol. The minimum atomic E-state index is -0.573. The molecule has 0 aliphatic heterocycles. The largest absolute Gasteiger partial charge is 0.340 e. The van der Waals surface area contributed by atoms with Crippen molar-refractivity contribution < 1.29 is 14.0 Å². The number of hydrogen-bond donors (Lipinski definition) is 0. The lowest BCUT2D eigenvalue weighted by atomic mass is 10.2. The molecule has 0 saturated carbocycles. The summed E-state index contributed by atoms with van der Waals surface area (Å²) in [4.78, 5) is 27.1. The second-order valence-electron chi connectivity index (χ2n) is 5.44. The zero-order chi connectivity index (χ0) is 17.7. The van der Waals surface area contributed by atoms with Gasteiger partial charge in [0.2, 0.25) is 11.8 Å². The van der Waals surface area contributed by atoms with Crippen molar-refractivity contribution >= 4 is 29.1 Å². The molecule has 0 aliphatic carbocycles. The van der Waals surface area contributed by atoms with E-state index in [-0.39, 0.29) is 23.4 Å². The van der Waals surface area contributed by atoms with Gasteiger partial charge in [0.15, 0.2) is 0 Å². The van der Waals surface area contributed by atoms with Crippen LogP contribution >= 0.6 is 11.6 Å². The van der Waals surface area contributed by atoms with Gasteiger partial charge in [-0.3, -0.25) is 9.59 Å². The molecule has 24 heavy (non-hydrogen) atoms. The minimum Gasteiger partial charge on any atom is -0.340 e. The van der Waals surface area contributed by atoms with Crippen LogP contribution in [0.4, 0.5) is 10.1 Å². The third kappa shape index (κ3) is 4.55. The molecule has 0 saturated heterocycles. The Morgan fingerprint density at radius 2 is 1.79 bits per heavy atom. The van der Waals surface area contributed by atoms with Crippen LogP contribution < -0.4 is 4.90 Å². The molecule has 126 valence electrons. The van der Waals surface area contributed by atoms with Crippen molar-refractivity contribution in [2.24, 2.45) is 0 Å². The van der Waals surface area contributed by atoms with Gasteiger partial charge in [-0.05, 0) is 23.8 Å². The van der Waals surface area contributed by atoms with Crippen molar-refractivity contribution in [3.63, 3.8) is 0 Å². The molecule has 0 heterocycles. The van der Waals surface area contributed by atoms with Crippen molar-refractivity contribution in [2.45, 2.75) is 13.5 Å². The Morgan fingerprint density at radius 3 is 2.38 bits per heavy atom. The summed E-state index contributed by atoms with van der Waals surface area (Å²) in [5, 5.41) is -0.0937. The van der Waals surface area contributed by atoms with E-state index in [1.807, 2.05) is 30.3 Å². The first-order chi connectivity index (χ1) is 11.4. The maximum atomic E-state index is 13.3. The monoisotopic (exact) mass is 348 g/mol. The summed E-state index contributed by atoms with van der Waals surface area (Å²) in [7, 11) is 1.67. The Morgan fingerprint density at radius 1 is 1.12 bits per heavy atom. The number of likely N-dealkylation sites (N-methyl/N-ethyl adjacent to an activating group) is 1. The molecule has 2 aromatic rings. The second kappa shape index (κ2) is 7.93. The van der Waals surface area contributed by atoms with Crippen molar-refractivity contribution in [1.29, 1.82) is 0 Å². The molecule has 2 amide bonds. The van der Waals surface area contributed by atoms with Gasteiger partial charge < -0.3 is 9.80 Å². The highest BCUT2D eigenvalue weighted by atomic mass is 35.5. The first-order valence-corrected chi connectivity index (χ1v) is 7.77. The zero-order valence-electron chi connectivity index (χ0n) is 13.5. The number of halogens is 2. The molecule has 0 N–H and O–H groups in total. The fourth-order valence-electron chi connectivity index (χ4n) is 2.24. The maximum absolute atomic E-state index is 13.3. The smallest absolute Gasteiger partial charge is 0.242 e. The number of carbonyl (C=O) groups excluding carboxylic acids is 2. The first-order valence-electron chi connectivity index (χ1n) is 7.39. The number of hydrogen-bond acceptors (Lipinski definition) is 2. The van der Waals surface area contributed by atoms with Gasteiger partial charge in [-0.25, -0.2) is 4.39 Å². The van der Waals surface area contributed by atoms with Crippen molar-refractivity contribution in [2.75, 3.05) is 18.5 Å². The van der Waals surface area contributed by atoms with Gasteiger partial charge in [0.05, 0.1) is 5.02 Å². The lowest BCUT2D eigenvalue weighted by molar-refractivity contribution is -0.130. The molecule has 2 aromatic carbocycles. The van der Waals surface area contributed by atoms with Gasteiger partial charge in [-0.2, -0.15) is 0 Å². The highest BCUT2D eigenvalue weighted by molar-refractivity contribution is 6.31. The molecule has 0 aromatic heterocycles. The Kier molecular flexibility index (Phi) is 5.93. The molecule has 0 fully saturated rings. The number of rotatable bonds is 5. The van der Waals surface area contributed by atoms with Crippen LogP contribution in [0.5, 0.6) is 0 Å². The first kappa shape index (κ1) is 17.9. The van der Waals surface area contributed by atoms with Crippen LogP contribution in [0.1, 0.15) is 12.5 Å². The maximum Gasteiger partial charge on any atom is 0.242 e. The van der Waals surface area contributed by atoms with E-state index >= 15 is 0 Å². The molecule has 0 radical (unpaired) electrons. The molecule has 2 rings (SSSR count). The van der Waals surface area contributed by atoms with E-state index in [9.17, 15) is 14.0 Å². The van der Waals surface area contributed by atoms with Crippen LogP contribution in [0.15, 0.2) is 48.5 Å². The summed E-state index contributed by atoms with van der Waals surface area (Å²) in [6.45, 7) is 1.65. The Bertz CT molecular complexity index is 737. The molecule has 0 atom stereocenters. The number of carbonyl (C=O) groups is 2. The SMILES string of the molecule is CC(=O)N(CC(=O)N(C)Cc1ccccc1)c1ccc(F)c(Cl)c1. The van der Waals surface area contributed by atoms with Gasteiger partial charge >= 0.3 is 0 Å². The van der Waals surface area contributed by atoms with Crippen LogP contribution in [0.2, 0.25) is 5.02 Å². The normalized spacial score (nSPS) is 10.3. The molecule has 0 aliphatic rings. The summed E-state index contributed by atoms with van der Waals surface area (Å²) >= 11 is 5.76.